The molecule has 0 saturated carbocycles. The second kappa shape index (κ2) is 5.21. The predicted molar refractivity (Wildman–Crippen MR) is 70.0 cm³/mol. The quantitative estimate of drug-likeness (QED) is 0.730. The van der Waals surface area contributed by atoms with E-state index in [4.69, 9.17) is 5.73 Å². The number of benzene rings is 1. The Balaban J connectivity index is 2.37. The lowest BCUT2D eigenvalue weighted by Crippen LogP contribution is -2.18. The number of H-pyrrole nitrogens is 1. The first-order chi connectivity index (χ1) is 9.03. The van der Waals surface area contributed by atoms with E-state index in [-0.39, 0.29) is 17.3 Å². The van der Waals surface area contributed by atoms with Crippen molar-refractivity contribution in [2.75, 3.05) is 4.72 Å². The molecule has 0 atom stereocenters. The number of nitrogens with two attached hydrogens (primary N) is 1. The molecule has 0 spiro atoms. The number of hydrogen-bond donors (Lipinski definition) is 3. The van der Waals surface area contributed by atoms with Crippen molar-refractivity contribution in [1.29, 1.82) is 0 Å². The molecule has 0 fully saturated rings. The van der Waals surface area contributed by atoms with Gasteiger partial charge in [-0.1, -0.05) is 18.2 Å². The maximum atomic E-state index is 12.2. The maximum absolute atomic E-state index is 12.2. The molecular weight excluding hydrogens is 268 g/mol. The molecule has 0 radical (unpaired) electrons. The third-order valence-electron chi connectivity index (χ3n) is 2.40. The zero-order valence-corrected chi connectivity index (χ0v) is 10.6. The standard InChI is InChI=1S/C11H12N4O3S/c12-7-8-3-1-2-4-9(8)19(17,18)15-10-5-6-11(16)14-13-10/h1-6H,7,12H2,(H,13,15)(H,14,16). The van der Waals surface area contributed by atoms with Gasteiger partial charge in [0.15, 0.2) is 5.82 Å². The molecular formula is C11H12N4O3S. The summed E-state index contributed by atoms with van der Waals surface area (Å²) in [6.45, 7) is 0.107. The fraction of sp³-hybridized carbons (Fsp3) is 0.0909. The summed E-state index contributed by atoms with van der Waals surface area (Å²) in [4.78, 5) is 10.9. The minimum absolute atomic E-state index is 0.0337. The molecule has 1 heterocycles. The summed E-state index contributed by atoms with van der Waals surface area (Å²) in [5.41, 5.74) is 5.59. The zero-order valence-electron chi connectivity index (χ0n) is 9.83. The summed E-state index contributed by atoms with van der Waals surface area (Å²) in [6, 6.07) is 8.86. The Morgan fingerprint density at radius 2 is 1.95 bits per heavy atom. The van der Waals surface area contributed by atoms with Crippen LogP contribution >= 0.6 is 0 Å². The molecule has 0 aliphatic rings. The van der Waals surface area contributed by atoms with E-state index in [1.807, 2.05) is 0 Å². The van der Waals surface area contributed by atoms with Crippen molar-refractivity contribution in [3.8, 4) is 0 Å². The van der Waals surface area contributed by atoms with Crippen molar-refractivity contribution in [2.24, 2.45) is 5.73 Å². The number of hydrogen-bond acceptors (Lipinski definition) is 5. The van der Waals surface area contributed by atoms with E-state index in [1.54, 1.807) is 18.2 Å². The number of nitrogens with zero attached hydrogens (tertiary/aromatic N) is 1. The monoisotopic (exact) mass is 280 g/mol. The number of aromatic nitrogens is 2. The fourth-order valence-corrected chi connectivity index (χ4v) is 2.78. The summed E-state index contributed by atoms with van der Waals surface area (Å²) in [7, 11) is -3.78. The number of nitrogens with one attached hydrogen (secondary N) is 2. The van der Waals surface area contributed by atoms with Crippen molar-refractivity contribution < 1.29 is 8.42 Å². The Bertz CT molecular complexity index is 719. The van der Waals surface area contributed by atoms with Crippen LogP contribution in [-0.2, 0) is 16.6 Å². The van der Waals surface area contributed by atoms with E-state index >= 15 is 0 Å². The van der Waals surface area contributed by atoms with E-state index in [0.717, 1.165) is 0 Å². The average Bonchev–Trinajstić information content (AvgIpc) is 2.41. The number of anilines is 1. The van der Waals surface area contributed by atoms with Crippen LogP contribution in [0.4, 0.5) is 5.82 Å². The van der Waals surface area contributed by atoms with Crippen molar-refractivity contribution >= 4 is 15.8 Å². The molecule has 7 nitrogen and oxygen atoms in total. The Morgan fingerprint density at radius 3 is 2.58 bits per heavy atom. The lowest BCUT2D eigenvalue weighted by molar-refractivity contribution is 0.599. The molecule has 8 heteroatoms. The van der Waals surface area contributed by atoms with Gasteiger partial charge in [-0.25, -0.2) is 13.5 Å². The van der Waals surface area contributed by atoms with E-state index in [0.29, 0.717) is 5.56 Å². The maximum Gasteiger partial charge on any atom is 0.264 e. The van der Waals surface area contributed by atoms with Crippen molar-refractivity contribution in [2.45, 2.75) is 11.4 Å². The first-order valence-corrected chi connectivity index (χ1v) is 6.88. The Morgan fingerprint density at radius 1 is 1.21 bits per heavy atom. The minimum atomic E-state index is -3.78. The van der Waals surface area contributed by atoms with Crippen LogP contribution in [0.5, 0.6) is 0 Å². The van der Waals surface area contributed by atoms with E-state index in [9.17, 15) is 13.2 Å². The van der Waals surface area contributed by atoms with Crippen LogP contribution in [0.25, 0.3) is 0 Å². The molecule has 1 aromatic heterocycles. The highest BCUT2D eigenvalue weighted by atomic mass is 32.2. The SMILES string of the molecule is NCc1ccccc1S(=O)(=O)Nc1ccc(=O)[nH]n1. The van der Waals surface area contributed by atoms with Gasteiger partial charge in [0.05, 0.1) is 4.90 Å². The fourth-order valence-electron chi connectivity index (χ4n) is 1.53. The van der Waals surface area contributed by atoms with Crippen LogP contribution in [-0.4, -0.2) is 18.6 Å². The second-order valence-corrected chi connectivity index (χ2v) is 5.37. The van der Waals surface area contributed by atoms with Gasteiger partial charge in [0.2, 0.25) is 0 Å². The first-order valence-electron chi connectivity index (χ1n) is 5.39. The van der Waals surface area contributed by atoms with Gasteiger partial charge in [-0.15, -0.1) is 0 Å². The van der Waals surface area contributed by atoms with Gasteiger partial charge in [0.25, 0.3) is 15.6 Å². The van der Waals surface area contributed by atoms with Gasteiger partial charge in [0, 0.05) is 12.6 Å². The van der Waals surface area contributed by atoms with Gasteiger partial charge in [-0.05, 0) is 17.7 Å². The van der Waals surface area contributed by atoms with E-state index in [2.05, 4.69) is 14.9 Å². The molecule has 0 saturated heterocycles. The molecule has 0 bridgehead atoms. The predicted octanol–water partition coefficient (Wildman–Crippen LogP) is 0.0294. The van der Waals surface area contributed by atoms with Crippen molar-refractivity contribution in [1.82, 2.24) is 10.2 Å². The third kappa shape index (κ3) is 2.98. The highest BCUT2D eigenvalue weighted by Gasteiger charge is 2.18. The highest BCUT2D eigenvalue weighted by Crippen LogP contribution is 2.17. The van der Waals surface area contributed by atoms with E-state index < -0.39 is 15.6 Å². The largest absolute Gasteiger partial charge is 0.326 e. The Kier molecular flexibility index (Phi) is 3.63. The zero-order chi connectivity index (χ0) is 13.9. The molecule has 1 aromatic carbocycles. The van der Waals surface area contributed by atoms with Crippen LogP contribution < -0.4 is 16.0 Å². The molecule has 2 rings (SSSR count). The smallest absolute Gasteiger partial charge is 0.264 e. The number of rotatable bonds is 4. The van der Waals surface area contributed by atoms with Crippen molar-refractivity contribution in [3.05, 3.63) is 52.3 Å². The van der Waals surface area contributed by atoms with Crippen LogP contribution in [0.3, 0.4) is 0 Å². The molecule has 4 N–H and O–H groups in total. The normalized spacial score (nSPS) is 11.2. The lowest BCUT2D eigenvalue weighted by atomic mass is 10.2. The summed E-state index contributed by atoms with van der Waals surface area (Å²) in [6.07, 6.45) is 0. The minimum Gasteiger partial charge on any atom is -0.326 e. The topological polar surface area (TPSA) is 118 Å². The molecule has 0 aliphatic heterocycles. The van der Waals surface area contributed by atoms with Crippen molar-refractivity contribution in [3.63, 3.8) is 0 Å². The molecule has 100 valence electrons. The van der Waals surface area contributed by atoms with Crippen LogP contribution in [0.2, 0.25) is 0 Å². The average molecular weight is 280 g/mol. The van der Waals surface area contributed by atoms with Gasteiger partial charge in [-0.2, -0.15) is 5.10 Å². The molecule has 2 aromatic rings. The Labute approximate surface area is 109 Å². The molecule has 0 amide bonds. The molecule has 0 unspecified atom stereocenters. The number of sulfonamides is 1. The van der Waals surface area contributed by atoms with E-state index in [1.165, 1.54) is 18.2 Å². The van der Waals surface area contributed by atoms with Gasteiger partial charge >= 0.3 is 0 Å². The second-order valence-electron chi connectivity index (χ2n) is 3.72. The number of aromatic amines is 1. The third-order valence-corrected chi connectivity index (χ3v) is 3.86. The van der Waals surface area contributed by atoms with Gasteiger partial charge in [0.1, 0.15) is 0 Å². The summed E-state index contributed by atoms with van der Waals surface area (Å²) >= 11 is 0. The Hall–Kier alpha value is -2.19. The first kappa shape index (κ1) is 13.2. The van der Waals surface area contributed by atoms with Gasteiger partial charge < -0.3 is 5.73 Å². The molecule has 19 heavy (non-hydrogen) atoms. The van der Waals surface area contributed by atoms with Gasteiger partial charge in [-0.3, -0.25) is 9.52 Å². The van der Waals surface area contributed by atoms with Crippen LogP contribution in [0, 0.1) is 0 Å². The van der Waals surface area contributed by atoms with Crippen LogP contribution in [0.15, 0.2) is 46.1 Å². The lowest BCUT2D eigenvalue weighted by Gasteiger charge is -2.10. The summed E-state index contributed by atoms with van der Waals surface area (Å²) < 4.78 is 26.6. The highest BCUT2D eigenvalue weighted by molar-refractivity contribution is 7.92. The molecule has 0 aliphatic carbocycles. The summed E-state index contributed by atoms with van der Waals surface area (Å²) in [5, 5.41) is 5.73. The van der Waals surface area contributed by atoms with Crippen LogP contribution in [0.1, 0.15) is 5.56 Å². The summed E-state index contributed by atoms with van der Waals surface area (Å²) in [5.74, 6) is 0.0337.